The molecule has 0 bridgehead atoms. The van der Waals surface area contributed by atoms with E-state index in [0.29, 0.717) is 24.7 Å². The maximum atomic E-state index is 12.7. The molecular weight excluding hydrogens is 332 g/mol. The van der Waals surface area contributed by atoms with Crippen molar-refractivity contribution in [3.63, 3.8) is 0 Å². The van der Waals surface area contributed by atoms with E-state index in [1.165, 1.54) is 4.40 Å². The molecule has 0 saturated carbocycles. The molecule has 0 spiro atoms. The number of hydrogen-bond acceptors (Lipinski definition) is 6. The number of fused-ring (bicyclic) bond motifs is 1. The van der Waals surface area contributed by atoms with Gasteiger partial charge in [-0.05, 0) is 18.2 Å². The number of pyridine rings is 1. The van der Waals surface area contributed by atoms with Crippen molar-refractivity contribution in [3.05, 3.63) is 64.6 Å². The molecule has 2 N–H and O–H groups in total. The third-order valence-electron chi connectivity index (χ3n) is 4.48. The van der Waals surface area contributed by atoms with Crippen LogP contribution in [0.4, 0.5) is 17.2 Å². The van der Waals surface area contributed by atoms with Gasteiger partial charge in [-0.2, -0.15) is 0 Å². The molecule has 1 aliphatic rings. The van der Waals surface area contributed by atoms with Crippen molar-refractivity contribution in [1.82, 2.24) is 9.38 Å². The van der Waals surface area contributed by atoms with Crippen molar-refractivity contribution in [2.24, 2.45) is 0 Å². The number of aliphatic hydroxyl groups is 1. The summed E-state index contributed by atoms with van der Waals surface area (Å²) < 4.78 is 6.86. The van der Waals surface area contributed by atoms with Crippen LogP contribution in [0.15, 0.2) is 53.5 Å². The Hall–Kier alpha value is -2.90. The molecular formula is C19H20N4O3. The Morgan fingerprint density at radius 2 is 1.92 bits per heavy atom. The summed E-state index contributed by atoms with van der Waals surface area (Å²) in [6.45, 7) is 2.62. The largest absolute Gasteiger partial charge is 0.391 e. The number of anilines is 3. The Bertz CT molecular complexity index is 966. The second kappa shape index (κ2) is 7.15. The molecule has 1 aliphatic heterocycles. The maximum absolute atomic E-state index is 12.7. The van der Waals surface area contributed by atoms with Crippen LogP contribution in [0.25, 0.3) is 5.65 Å². The molecule has 3 aromatic rings. The number of nitrogens with zero attached hydrogens (tertiary/aromatic N) is 3. The molecule has 7 heteroatoms. The lowest BCUT2D eigenvalue weighted by atomic mass is 10.2. The van der Waals surface area contributed by atoms with Gasteiger partial charge in [0, 0.05) is 36.7 Å². The van der Waals surface area contributed by atoms with Crippen LogP contribution < -0.4 is 15.8 Å². The zero-order valence-corrected chi connectivity index (χ0v) is 14.3. The van der Waals surface area contributed by atoms with E-state index >= 15 is 0 Å². The van der Waals surface area contributed by atoms with Gasteiger partial charge in [0.15, 0.2) is 0 Å². The van der Waals surface area contributed by atoms with Crippen molar-refractivity contribution in [2.75, 3.05) is 36.5 Å². The first-order valence-corrected chi connectivity index (χ1v) is 8.57. The van der Waals surface area contributed by atoms with Gasteiger partial charge in [-0.25, -0.2) is 4.98 Å². The number of hydrogen-bond donors (Lipinski definition) is 2. The molecule has 0 radical (unpaired) electrons. The Morgan fingerprint density at radius 1 is 1.15 bits per heavy atom. The molecule has 0 atom stereocenters. The fourth-order valence-corrected chi connectivity index (χ4v) is 3.09. The lowest BCUT2D eigenvalue weighted by Gasteiger charge is -2.29. The Labute approximate surface area is 150 Å². The van der Waals surface area contributed by atoms with Gasteiger partial charge in [0.2, 0.25) is 0 Å². The lowest BCUT2D eigenvalue weighted by molar-refractivity contribution is 0.122. The zero-order chi connectivity index (χ0) is 17.9. The monoisotopic (exact) mass is 352 g/mol. The van der Waals surface area contributed by atoms with E-state index in [-0.39, 0.29) is 17.7 Å². The van der Waals surface area contributed by atoms with Gasteiger partial charge in [0.25, 0.3) is 5.56 Å². The summed E-state index contributed by atoms with van der Waals surface area (Å²) in [6.07, 6.45) is 1.71. The van der Waals surface area contributed by atoms with Crippen molar-refractivity contribution < 1.29 is 9.84 Å². The number of para-hydroxylation sites is 1. The predicted octanol–water partition coefficient (Wildman–Crippen LogP) is 1.77. The van der Waals surface area contributed by atoms with Gasteiger partial charge < -0.3 is 20.1 Å². The highest BCUT2D eigenvalue weighted by molar-refractivity contribution is 5.64. The third-order valence-corrected chi connectivity index (χ3v) is 4.48. The van der Waals surface area contributed by atoms with Crippen LogP contribution in [0.2, 0.25) is 0 Å². The number of nitrogens with one attached hydrogen (secondary N) is 1. The second-order valence-electron chi connectivity index (χ2n) is 6.11. The first-order chi connectivity index (χ1) is 12.8. The fraction of sp³-hybridized carbons (Fsp3) is 0.263. The van der Waals surface area contributed by atoms with Crippen molar-refractivity contribution in [3.8, 4) is 0 Å². The van der Waals surface area contributed by atoms with E-state index in [2.05, 4.69) is 15.2 Å². The standard InChI is InChI=1S/C19H20N4O3/c24-13-16-18(20-14-4-2-1-3-5-14)21-17-12-15(6-7-23(17)19(16)25)22-8-10-26-11-9-22/h1-7,12,20,24H,8-11,13H2. The highest BCUT2D eigenvalue weighted by atomic mass is 16.5. The second-order valence-corrected chi connectivity index (χ2v) is 6.11. The molecule has 2 aromatic heterocycles. The first kappa shape index (κ1) is 16.6. The molecule has 0 amide bonds. The van der Waals surface area contributed by atoms with E-state index in [4.69, 9.17) is 4.74 Å². The van der Waals surface area contributed by atoms with E-state index < -0.39 is 0 Å². The first-order valence-electron chi connectivity index (χ1n) is 8.57. The van der Waals surface area contributed by atoms with Crippen LogP contribution in [-0.2, 0) is 11.3 Å². The van der Waals surface area contributed by atoms with E-state index in [9.17, 15) is 9.90 Å². The van der Waals surface area contributed by atoms with Gasteiger partial charge >= 0.3 is 0 Å². The van der Waals surface area contributed by atoms with Gasteiger partial charge in [0.1, 0.15) is 11.5 Å². The highest BCUT2D eigenvalue weighted by Gasteiger charge is 2.15. The molecule has 1 fully saturated rings. The van der Waals surface area contributed by atoms with Crippen LogP contribution in [0.1, 0.15) is 5.56 Å². The molecule has 1 aromatic carbocycles. The van der Waals surface area contributed by atoms with Crippen molar-refractivity contribution >= 4 is 22.8 Å². The molecule has 134 valence electrons. The third kappa shape index (κ3) is 3.14. The summed E-state index contributed by atoms with van der Waals surface area (Å²) in [6, 6.07) is 13.3. The normalized spacial score (nSPS) is 14.6. The molecule has 26 heavy (non-hydrogen) atoms. The summed E-state index contributed by atoms with van der Waals surface area (Å²) in [5.41, 5.74) is 2.31. The quantitative estimate of drug-likeness (QED) is 0.745. The van der Waals surface area contributed by atoms with Crippen LogP contribution in [0, 0.1) is 0 Å². The average Bonchev–Trinajstić information content (AvgIpc) is 2.69. The minimum absolute atomic E-state index is 0.241. The Kier molecular flexibility index (Phi) is 4.55. The van der Waals surface area contributed by atoms with Gasteiger partial charge in [0.05, 0.1) is 25.4 Å². The lowest BCUT2D eigenvalue weighted by Crippen LogP contribution is -2.36. The maximum Gasteiger partial charge on any atom is 0.265 e. The van der Waals surface area contributed by atoms with E-state index in [1.807, 2.05) is 42.5 Å². The Balaban J connectivity index is 1.78. The molecule has 0 aliphatic carbocycles. The summed E-state index contributed by atoms with van der Waals surface area (Å²) in [5, 5.41) is 12.8. The van der Waals surface area contributed by atoms with Crippen molar-refractivity contribution in [2.45, 2.75) is 6.61 Å². The summed E-state index contributed by atoms with van der Waals surface area (Å²) in [7, 11) is 0. The summed E-state index contributed by atoms with van der Waals surface area (Å²) >= 11 is 0. The molecule has 3 heterocycles. The number of aliphatic hydroxyl groups excluding tert-OH is 1. The van der Waals surface area contributed by atoms with Crippen LogP contribution >= 0.6 is 0 Å². The number of morpholine rings is 1. The van der Waals surface area contributed by atoms with Crippen LogP contribution in [0.3, 0.4) is 0 Å². The number of benzene rings is 1. The number of rotatable bonds is 4. The molecule has 0 unspecified atom stereocenters. The topological polar surface area (TPSA) is 79.1 Å². The van der Waals surface area contributed by atoms with Gasteiger partial charge in [-0.3, -0.25) is 9.20 Å². The molecule has 4 rings (SSSR count). The fourth-order valence-electron chi connectivity index (χ4n) is 3.09. The van der Waals surface area contributed by atoms with Crippen LogP contribution in [-0.4, -0.2) is 40.8 Å². The predicted molar refractivity (Wildman–Crippen MR) is 100 cm³/mol. The van der Waals surface area contributed by atoms with Crippen LogP contribution in [0.5, 0.6) is 0 Å². The zero-order valence-electron chi connectivity index (χ0n) is 14.3. The van der Waals surface area contributed by atoms with E-state index in [0.717, 1.165) is 24.5 Å². The minimum atomic E-state index is -0.380. The molecule has 7 nitrogen and oxygen atoms in total. The van der Waals surface area contributed by atoms with Gasteiger partial charge in [-0.1, -0.05) is 18.2 Å². The summed E-state index contributed by atoms with van der Waals surface area (Å²) in [4.78, 5) is 19.5. The number of ether oxygens (including phenoxy) is 1. The smallest absolute Gasteiger partial charge is 0.265 e. The van der Waals surface area contributed by atoms with Crippen molar-refractivity contribution in [1.29, 1.82) is 0 Å². The highest BCUT2D eigenvalue weighted by Crippen LogP contribution is 2.21. The summed E-state index contributed by atoms with van der Waals surface area (Å²) in [5.74, 6) is 0.378. The SMILES string of the molecule is O=c1c(CO)c(Nc2ccccc2)nc2cc(N3CCOCC3)ccn12. The average molecular weight is 352 g/mol. The van der Waals surface area contributed by atoms with Gasteiger partial charge in [-0.15, -0.1) is 0 Å². The van der Waals surface area contributed by atoms with E-state index in [1.54, 1.807) is 6.20 Å². The number of aromatic nitrogens is 2. The molecule has 1 saturated heterocycles. The minimum Gasteiger partial charge on any atom is -0.391 e. The Morgan fingerprint density at radius 3 is 2.65 bits per heavy atom.